The minimum Gasteiger partial charge on any atom is -0.297 e. The van der Waals surface area contributed by atoms with E-state index in [-0.39, 0.29) is 10.8 Å². The van der Waals surface area contributed by atoms with E-state index >= 15 is 0 Å². The fourth-order valence-electron chi connectivity index (χ4n) is 1.45. The second-order valence-corrected chi connectivity index (χ2v) is 4.53. The van der Waals surface area contributed by atoms with E-state index in [0.717, 1.165) is 23.5 Å². The first-order valence-electron chi connectivity index (χ1n) is 4.10. The van der Waals surface area contributed by atoms with Crippen LogP contribution in [-0.2, 0) is 0 Å². The van der Waals surface area contributed by atoms with Crippen LogP contribution in [0.25, 0.3) is 0 Å². The summed E-state index contributed by atoms with van der Waals surface area (Å²) < 4.78 is 0. The molecule has 3 nitrogen and oxygen atoms in total. The molecule has 13 heavy (non-hydrogen) atoms. The van der Waals surface area contributed by atoms with Crippen molar-refractivity contribution >= 4 is 23.4 Å². The Hall–Kier alpha value is -0.480. The molecule has 0 radical (unpaired) electrons. The normalized spacial score (nSPS) is 22.1. The molecular weight excluding hydrogens is 208 g/mol. The van der Waals surface area contributed by atoms with Crippen molar-refractivity contribution in [1.82, 2.24) is 9.97 Å². The van der Waals surface area contributed by atoms with E-state index in [1.54, 1.807) is 6.20 Å². The zero-order valence-electron chi connectivity index (χ0n) is 6.92. The lowest BCUT2D eigenvalue weighted by molar-refractivity contribution is 0.760. The van der Waals surface area contributed by atoms with Crippen molar-refractivity contribution in [3.05, 3.63) is 27.4 Å². The predicted octanol–water partition coefficient (Wildman–Crippen LogP) is 1.64. The Morgan fingerprint density at radius 1 is 1.69 bits per heavy atom. The van der Waals surface area contributed by atoms with Gasteiger partial charge in [0.15, 0.2) is 0 Å². The SMILES string of the molecule is O=c1[nH]c(Cl)ncc1C1CCSC1. The number of hydrogen-bond donors (Lipinski definition) is 1. The summed E-state index contributed by atoms with van der Waals surface area (Å²) in [6, 6.07) is 0. The Morgan fingerprint density at radius 3 is 3.15 bits per heavy atom. The van der Waals surface area contributed by atoms with Gasteiger partial charge in [-0.3, -0.25) is 9.78 Å². The summed E-state index contributed by atoms with van der Waals surface area (Å²) in [7, 11) is 0. The number of rotatable bonds is 1. The van der Waals surface area contributed by atoms with Gasteiger partial charge in [0.05, 0.1) is 0 Å². The molecule has 1 N–H and O–H groups in total. The smallest absolute Gasteiger partial charge is 0.255 e. The lowest BCUT2D eigenvalue weighted by Crippen LogP contribution is -2.16. The van der Waals surface area contributed by atoms with Gasteiger partial charge in [0, 0.05) is 23.4 Å². The summed E-state index contributed by atoms with van der Waals surface area (Å²) in [6.07, 6.45) is 2.66. The first-order chi connectivity index (χ1) is 6.27. The molecular formula is C8H9ClN2OS. The van der Waals surface area contributed by atoms with Gasteiger partial charge in [-0.15, -0.1) is 0 Å². The standard InChI is InChI=1S/C8H9ClN2OS/c9-8-10-3-6(7(12)11-8)5-1-2-13-4-5/h3,5H,1-2,4H2,(H,10,11,12). The minimum atomic E-state index is -0.0903. The number of halogens is 1. The van der Waals surface area contributed by atoms with Crippen LogP contribution in [0, 0.1) is 0 Å². The van der Waals surface area contributed by atoms with E-state index in [0.29, 0.717) is 5.92 Å². The Kier molecular flexibility index (Phi) is 2.60. The molecule has 2 heterocycles. The molecule has 1 aliphatic heterocycles. The van der Waals surface area contributed by atoms with E-state index in [9.17, 15) is 4.79 Å². The molecule has 2 rings (SSSR count). The lowest BCUT2D eigenvalue weighted by Gasteiger charge is -2.05. The lowest BCUT2D eigenvalue weighted by atomic mass is 10.0. The highest BCUT2D eigenvalue weighted by molar-refractivity contribution is 7.99. The van der Waals surface area contributed by atoms with Crippen molar-refractivity contribution in [2.24, 2.45) is 0 Å². The molecule has 70 valence electrons. The molecule has 1 aromatic rings. The average molecular weight is 217 g/mol. The van der Waals surface area contributed by atoms with Crippen molar-refractivity contribution < 1.29 is 0 Å². The van der Waals surface area contributed by atoms with Crippen LogP contribution in [0.2, 0.25) is 5.28 Å². The molecule has 1 unspecified atom stereocenters. The molecule has 0 bridgehead atoms. The number of nitrogens with one attached hydrogen (secondary N) is 1. The highest BCUT2D eigenvalue weighted by Gasteiger charge is 2.20. The van der Waals surface area contributed by atoms with Crippen LogP contribution >= 0.6 is 23.4 Å². The Bertz CT molecular complexity index is 359. The van der Waals surface area contributed by atoms with Gasteiger partial charge in [0.1, 0.15) is 0 Å². The monoisotopic (exact) mass is 216 g/mol. The summed E-state index contributed by atoms with van der Waals surface area (Å²) in [6.45, 7) is 0. The number of aromatic nitrogens is 2. The van der Waals surface area contributed by atoms with E-state index in [2.05, 4.69) is 9.97 Å². The first-order valence-corrected chi connectivity index (χ1v) is 5.63. The van der Waals surface area contributed by atoms with Crippen LogP contribution in [-0.4, -0.2) is 21.5 Å². The zero-order chi connectivity index (χ0) is 9.26. The van der Waals surface area contributed by atoms with E-state index in [4.69, 9.17) is 11.6 Å². The van der Waals surface area contributed by atoms with Crippen molar-refractivity contribution in [1.29, 1.82) is 0 Å². The summed E-state index contributed by atoms with van der Waals surface area (Å²) in [5.74, 6) is 2.51. The van der Waals surface area contributed by atoms with Gasteiger partial charge in [0.25, 0.3) is 5.56 Å². The van der Waals surface area contributed by atoms with Gasteiger partial charge in [-0.25, -0.2) is 4.98 Å². The summed E-state index contributed by atoms with van der Waals surface area (Å²) in [5.41, 5.74) is 0.682. The van der Waals surface area contributed by atoms with Crippen LogP contribution < -0.4 is 5.56 Å². The topological polar surface area (TPSA) is 45.8 Å². The van der Waals surface area contributed by atoms with Crippen molar-refractivity contribution in [2.45, 2.75) is 12.3 Å². The second-order valence-electron chi connectivity index (χ2n) is 3.02. The number of H-pyrrole nitrogens is 1. The summed E-state index contributed by atoms with van der Waals surface area (Å²) >= 11 is 7.43. The fraction of sp³-hybridized carbons (Fsp3) is 0.500. The van der Waals surface area contributed by atoms with Gasteiger partial charge in [0.2, 0.25) is 5.28 Å². The maximum atomic E-state index is 11.4. The van der Waals surface area contributed by atoms with Crippen LogP contribution in [0.15, 0.2) is 11.0 Å². The van der Waals surface area contributed by atoms with Gasteiger partial charge in [-0.1, -0.05) is 0 Å². The first kappa shape index (κ1) is 9.09. The molecule has 1 fully saturated rings. The number of hydrogen-bond acceptors (Lipinski definition) is 3. The maximum absolute atomic E-state index is 11.4. The zero-order valence-corrected chi connectivity index (χ0v) is 8.49. The molecule has 1 atom stereocenters. The quantitative estimate of drug-likeness (QED) is 0.726. The van der Waals surface area contributed by atoms with Gasteiger partial charge < -0.3 is 0 Å². The van der Waals surface area contributed by atoms with E-state index < -0.39 is 0 Å². The van der Waals surface area contributed by atoms with E-state index in [1.165, 1.54) is 0 Å². The van der Waals surface area contributed by atoms with Crippen molar-refractivity contribution in [3.8, 4) is 0 Å². The molecule has 1 saturated heterocycles. The molecule has 0 spiro atoms. The van der Waals surface area contributed by atoms with Gasteiger partial charge >= 0.3 is 0 Å². The molecule has 5 heteroatoms. The maximum Gasteiger partial charge on any atom is 0.255 e. The Balaban J connectivity index is 2.34. The van der Waals surface area contributed by atoms with Crippen LogP contribution in [0.4, 0.5) is 0 Å². The van der Waals surface area contributed by atoms with Crippen LogP contribution in [0.3, 0.4) is 0 Å². The fourth-order valence-corrected chi connectivity index (χ4v) is 2.84. The van der Waals surface area contributed by atoms with E-state index in [1.807, 2.05) is 11.8 Å². The highest BCUT2D eigenvalue weighted by Crippen LogP contribution is 2.30. The third-order valence-corrected chi connectivity index (χ3v) is 3.52. The number of thioether (sulfide) groups is 1. The number of aromatic amines is 1. The minimum absolute atomic E-state index is 0.0903. The third kappa shape index (κ3) is 1.89. The van der Waals surface area contributed by atoms with Gasteiger partial charge in [-0.05, 0) is 23.8 Å². The highest BCUT2D eigenvalue weighted by atomic mass is 35.5. The average Bonchev–Trinajstić information content (AvgIpc) is 2.56. The van der Waals surface area contributed by atoms with Crippen molar-refractivity contribution in [3.63, 3.8) is 0 Å². The third-order valence-electron chi connectivity index (χ3n) is 2.17. The molecule has 0 aromatic carbocycles. The second kappa shape index (κ2) is 3.72. The van der Waals surface area contributed by atoms with Crippen LogP contribution in [0.1, 0.15) is 17.9 Å². The Morgan fingerprint density at radius 2 is 2.54 bits per heavy atom. The molecule has 0 aliphatic carbocycles. The molecule has 1 aliphatic rings. The molecule has 0 amide bonds. The largest absolute Gasteiger partial charge is 0.297 e. The summed E-state index contributed by atoms with van der Waals surface area (Å²) in [5, 5.41) is 0.166. The van der Waals surface area contributed by atoms with Crippen LogP contribution in [0.5, 0.6) is 0 Å². The summed E-state index contributed by atoms with van der Waals surface area (Å²) in [4.78, 5) is 17.8. The van der Waals surface area contributed by atoms with Gasteiger partial charge in [-0.2, -0.15) is 11.8 Å². The van der Waals surface area contributed by atoms with Crippen molar-refractivity contribution in [2.75, 3.05) is 11.5 Å². The predicted molar refractivity (Wildman–Crippen MR) is 54.6 cm³/mol. The molecule has 0 saturated carbocycles. The molecule has 1 aromatic heterocycles. The Labute approximate surface area is 84.9 Å². The number of nitrogens with zero attached hydrogens (tertiary/aromatic N) is 1.